The lowest BCUT2D eigenvalue weighted by Crippen LogP contribution is -2.12. The Balaban J connectivity index is 2.07. The number of thiazole rings is 1. The maximum absolute atomic E-state index is 11.2. The largest absolute Gasteiger partial charge is 0.481 e. The normalized spacial score (nSPS) is 13.6. The summed E-state index contributed by atoms with van der Waals surface area (Å²) >= 11 is 1.30. The monoisotopic (exact) mass is 399 g/mol. The van der Waals surface area contributed by atoms with Gasteiger partial charge in [-0.1, -0.05) is 71.6 Å². The molecule has 1 aromatic heterocycles. The number of aliphatic hydroxyl groups excluding tert-OH is 1. The Bertz CT molecular complexity index is 506. The molecule has 1 aromatic rings. The zero-order valence-corrected chi connectivity index (χ0v) is 17.8. The number of carbonyl (C=O) groups is 1. The van der Waals surface area contributed by atoms with E-state index >= 15 is 0 Å². The van der Waals surface area contributed by atoms with Gasteiger partial charge in [-0.15, -0.1) is 11.3 Å². The highest BCUT2D eigenvalue weighted by molar-refractivity contribution is 7.09. The number of unbranched alkanes of at least 4 members (excludes halogenated alkanes) is 9. The lowest BCUT2D eigenvalue weighted by molar-refractivity contribution is -0.138. The predicted octanol–water partition coefficient (Wildman–Crippen LogP) is 5.69. The van der Waals surface area contributed by atoms with E-state index < -0.39 is 18.0 Å². The van der Waals surface area contributed by atoms with Crippen LogP contribution < -0.4 is 0 Å². The topological polar surface area (TPSA) is 79.7 Å². The predicted molar refractivity (Wildman–Crippen MR) is 110 cm³/mol. The fourth-order valence-corrected chi connectivity index (χ4v) is 3.92. The first-order valence-corrected chi connectivity index (χ1v) is 11.4. The minimum absolute atomic E-state index is 0.217. The quantitative estimate of drug-likeness (QED) is 0.329. The van der Waals surface area contributed by atoms with Gasteiger partial charge in [0.2, 0.25) is 0 Å². The van der Waals surface area contributed by atoms with Gasteiger partial charge in [0.05, 0.1) is 18.2 Å². The number of carboxylic acid groups (broad SMARTS) is 1. The Kier molecular flexibility index (Phi) is 13.4. The van der Waals surface area contributed by atoms with E-state index in [1.54, 1.807) is 5.38 Å². The number of rotatable bonds is 17. The van der Waals surface area contributed by atoms with Crippen molar-refractivity contribution in [2.24, 2.45) is 0 Å². The average molecular weight is 400 g/mol. The van der Waals surface area contributed by atoms with Crippen molar-refractivity contribution in [3.8, 4) is 0 Å². The first kappa shape index (κ1) is 24.1. The summed E-state index contributed by atoms with van der Waals surface area (Å²) in [4.78, 5) is 15.5. The van der Waals surface area contributed by atoms with Gasteiger partial charge in [0.1, 0.15) is 11.1 Å². The standard InChI is InChI=1S/C21H37NO4S/c1-3-5-6-7-8-9-10-11-12-13-14-26-15-19(23)20-22-18(16-27-20)17(4-2)21(24)25/h16-17,19,23H,3-15H2,1-2H3,(H,24,25). The van der Waals surface area contributed by atoms with Crippen molar-refractivity contribution in [3.63, 3.8) is 0 Å². The molecule has 0 radical (unpaired) electrons. The lowest BCUT2D eigenvalue weighted by atomic mass is 10.0. The summed E-state index contributed by atoms with van der Waals surface area (Å²) in [5.41, 5.74) is 0.527. The van der Waals surface area contributed by atoms with Gasteiger partial charge in [0, 0.05) is 12.0 Å². The molecule has 0 saturated heterocycles. The Morgan fingerprint density at radius 2 is 1.67 bits per heavy atom. The number of carboxylic acids is 1. The third-order valence-electron chi connectivity index (χ3n) is 4.81. The summed E-state index contributed by atoms with van der Waals surface area (Å²) in [6.45, 7) is 4.94. The van der Waals surface area contributed by atoms with Crippen molar-refractivity contribution in [1.29, 1.82) is 0 Å². The average Bonchev–Trinajstić information content (AvgIpc) is 3.12. The molecule has 5 nitrogen and oxygen atoms in total. The SMILES string of the molecule is CCCCCCCCCCCCOCC(O)c1nc(C(CC)C(=O)O)cs1. The maximum Gasteiger partial charge on any atom is 0.312 e. The van der Waals surface area contributed by atoms with Gasteiger partial charge in [0.15, 0.2) is 0 Å². The second-order valence-electron chi connectivity index (χ2n) is 7.18. The second-order valence-corrected chi connectivity index (χ2v) is 8.07. The van der Waals surface area contributed by atoms with E-state index in [0.29, 0.717) is 23.7 Å². The zero-order chi connectivity index (χ0) is 19.9. The highest BCUT2D eigenvalue weighted by Crippen LogP contribution is 2.25. The molecule has 0 spiro atoms. The van der Waals surface area contributed by atoms with E-state index in [0.717, 1.165) is 6.42 Å². The molecule has 0 fully saturated rings. The van der Waals surface area contributed by atoms with Crippen molar-refractivity contribution in [1.82, 2.24) is 4.98 Å². The van der Waals surface area contributed by atoms with Crippen molar-refractivity contribution < 1.29 is 19.7 Å². The van der Waals surface area contributed by atoms with Crippen LogP contribution in [0.1, 0.15) is 107 Å². The summed E-state index contributed by atoms with van der Waals surface area (Å²) in [5, 5.41) is 21.6. The first-order chi connectivity index (χ1) is 13.1. The van der Waals surface area contributed by atoms with Crippen LogP contribution in [0.3, 0.4) is 0 Å². The summed E-state index contributed by atoms with van der Waals surface area (Å²) in [7, 11) is 0. The third-order valence-corrected chi connectivity index (χ3v) is 5.77. The minimum atomic E-state index is -0.874. The van der Waals surface area contributed by atoms with Crippen LogP contribution >= 0.6 is 11.3 Å². The van der Waals surface area contributed by atoms with Crippen LogP contribution in [0, 0.1) is 0 Å². The van der Waals surface area contributed by atoms with Crippen LogP contribution in [0.4, 0.5) is 0 Å². The third kappa shape index (κ3) is 10.2. The van der Waals surface area contributed by atoms with Gasteiger partial charge >= 0.3 is 5.97 Å². The van der Waals surface area contributed by atoms with Crippen molar-refractivity contribution in [2.75, 3.05) is 13.2 Å². The van der Waals surface area contributed by atoms with E-state index in [2.05, 4.69) is 11.9 Å². The first-order valence-electron chi connectivity index (χ1n) is 10.5. The van der Waals surface area contributed by atoms with E-state index in [-0.39, 0.29) is 6.61 Å². The Hall–Kier alpha value is -0.980. The summed E-state index contributed by atoms with van der Waals surface area (Å²) in [6, 6.07) is 0. The number of aliphatic carboxylic acids is 1. The van der Waals surface area contributed by atoms with Gasteiger partial charge in [-0.3, -0.25) is 4.79 Å². The second kappa shape index (κ2) is 15.0. The molecule has 6 heteroatoms. The molecule has 156 valence electrons. The van der Waals surface area contributed by atoms with Crippen molar-refractivity contribution in [2.45, 2.75) is 96.5 Å². The molecule has 0 aliphatic rings. The van der Waals surface area contributed by atoms with E-state index in [9.17, 15) is 15.0 Å². The Morgan fingerprint density at radius 3 is 2.22 bits per heavy atom. The van der Waals surface area contributed by atoms with Crippen LogP contribution in [0.15, 0.2) is 5.38 Å². The molecule has 1 heterocycles. The molecular weight excluding hydrogens is 362 g/mol. The molecule has 2 atom stereocenters. The molecule has 0 aliphatic heterocycles. The molecule has 0 saturated carbocycles. The van der Waals surface area contributed by atoms with Gasteiger partial charge in [-0.25, -0.2) is 4.98 Å². The van der Waals surface area contributed by atoms with E-state index in [1.165, 1.54) is 69.1 Å². The van der Waals surface area contributed by atoms with Crippen LogP contribution in [0.2, 0.25) is 0 Å². The molecule has 27 heavy (non-hydrogen) atoms. The Morgan fingerprint density at radius 1 is 1.07 bits per heavy atom. The number of nitrogens with zero attached hydrogens (tertiary/aromatic N) is 1. The van der Waals surface area contributed by atoms with Crippen LogP contribution in [-0.2, 0) is 9.53 Å². The summed E-state index contributed by atoms with van der Waals surface area (Å²) in [5.74, 6) is -1.48. The molecule has 0 amide bonds. The smallest absolute Gasteiger partial charge is 0.312 e. The molecule has 0 bridgehead atoms. The fraction of sp³-hybridized carbons (Fsp3) is 0.810. The number of ether oxygens (including phenoxy) is 1. The molecule has 2 N–H and O–H groups in total. The summed E-state index contributed by atoms with van der Waals surface area (Å²) < 4.78 is 5.57. The number of hydrogen-bond acceptors (Lipinski definition) is 5. The van der Waals surface area contributed by atoms with Gasteiger partial charge < -0.3 is 14.9 Å². The lowest BCUT2D eigenvalue weighted by Gasteiger charge is -2.09. The van der Waals surface area contributed by atoms with Crippen LogP contribution in [0.25, 0.3) is 0 Å². The van der Waals surface area contributed by atoms with Crippen LogP contribution in [-0.4, -0.2) is 34.4 Å². The van der Waals surface area contributed by atoms with E-state index in [1.807, 2.05) is 6.92 Å². The highest BCUT2D eigenvalue weighted by Gasteiger charge is 2.22. The summed E-state index contributed by atoms with van der Waals surface area (Å²) in [6.07, 6.45) is 12.6. The van der Waals surface area contributed by atoms with Gasteiger partial charge in [-0.2, -0.15) is 0 Å². The molecule has 2 unspecified atom stereocenters. The van der Waals surface area contributed by atoms with Gasteiger partial charge in [0.25, 0.3) is 0 Å². The van der Waals surface area contributed by atoms with Crippen LogP contribution in [0.5, 0.6) is 0 Å². The van der Waals surface area contributed by atoms with Crippen molar-refractivity contribution in [3.05, 3.63) is 16.1 Å². The van der Waals surface area contributed by atoms with Crippen molar-refractivity contribution >= 4 is 17.3 Å². The van der Waals surface area contributed by atoms with Gasteiger partial charge in [-0.05, 0) is 12.8 Å². The highest BCUT2D eigenvalue weighted by atomic mass is 32.1. The fourth-order valence-electron chi connectivity index (χ4n) is 3.08. The number of aromatic nitrogens is 1. The minimum Gasteiger partial charge on any atom is -0.481 e. The number of hydrogen-bond donors (Lipinski definition) is 2. The maximum atomic E-state index is 11.2. The Labute approximate surface area is 168 Å². The van der Waals surface area contributed by atoms with E-state index in [4.69, 9.17) is 4.74 Å². The zero-order valence-electron chi connectivity index (χ0n) is 17.0. The molecule has 1 rings (SSSR count). The molecule has 0 aromatic carbocycles. The number of aliphatic hydroxyl groups is 1. The molecule has 0 aliphatic carbocycles. The molecular formula is C21H37NO4S.